The van der Waals surface area contributed by atoms with Crippen molar-refractivity contribution in [3.63, 3.8) is 0 Å². The molecular weight excluding hydrogens is 228 g/mol. The Kier molecular flexibility index (Phi) is 5.17. The standard InChI is InChI=1S/C14H28N2O2/c1-13(2,3)11-14(4,5)15-12(17)10-16-6-8-18-9-7-16/h6-11H2,1-5H3,(H,15,17). The third kappa shape index (κ3) is 6.36. The van der Waals surface area contributed by atoms with Crippen LogP contribution >= 0.6 is 0 Å². The van der Waals surface area contributed by atoms with Crippen molar-refractivity contribution in [2.75, 3.05) is 32.8 Å². The Hall–Kier alpha value is -0.610. The molecule has 0 spiro atoms. The lowest BCUT2D eigenvalue weighted by molar-refractivity contribution is -0.125. The third-order valence-corrected chi connectivity index (χ3v) is 2.92. The summed E-state index contributed by atoms with van der Waals surface area (Å²) >= 11 is 0. The molecule has 0 aliphatic carbocycles. The second-order valence-corrected chi connectivity index (χ2v) is 7.06. The van der Waals surface area contributed by atoms with Gasteiger partial charge in [0.15, 0.2) is 0 Å². The first-order valence-electron chi connectivity index (χ1n) is 6.79. The quantitative estimate of drug-likeness (QED) is 0.831. The van der Waals surface area contributed by atoms with Crippen LogP contribution in [-0.4, -0.2) is 49.2 Å². The van der Waals surface area contributed by atoms with Crippen LogP contribution in [0.2, 0.25) is 0 Å². The lowest BCUT2D eigenvalue weighted by Crippen LogP contribution is -2.50. The molecule has 0 saturated carbocycles. The predicted octanol–water partition coefficient (Wildman–Crippen LogP) is 1.65. The van der Waals surface area contributed by atoms with Gasteiger partial charge in [-0.2, -0.15) is 0 Å². The van der Waals surface area contributed by atoms with Gasteiger partial charge in [-0.1, -0.05) is 20.8 Å². The molecule has 0 bridgehead atoms. The van der Waals surface area contributed by atoms with E-state index in [0.29, 0.717) is 6.54 Å². The Morgan fingerprint density at radius 2 is 1.72 bits per heavy atom. The first-order valence-corrected chi connectivity index (χ1v) is 6.79. The molecule has 18 heavy (non-hydrogen) atoms. The first-order chi connectivity index (χ1) is 8.18. The minimum absolute atomic E-state index is 0.117. The summed E-state index contributed by atoms with van der Waals surface area (Å²) in [5.41, 5.74) is 0.0668. The topological polar surface area (TPSA) is 41.6 Å². The Bertz CT molecular complexity index is 276. The smallest absolute Gasteiger partial charge is 0.234 e. The molecule has 1 N–H and O–H groups in total. The lowest BCUT2D eigenvalue weighted by Gasteiger charge is -2.34. The maximum atomic E-state index is 12.0. The number of rotatable bonds is 4. The van der Waals surface area contributed by atoms with Gasteiger partial charge >= 0.3 is 0 Å². The highest BCUT2D eigenvalue weighted by Gasteiger charge is 2.27. The summed E-state index contributed by atoms with van der Waals surface area (Å²) in [6, 6.07) is 0. The molecule has 0 aromatic rings. The summed E-state index contributed by atoms with van der Waals surface area (Å²) < 4.78 is 5.27. The van der Waals surface area contributed by atoms with Gasteiger partial charge in [-0.25, -0.2) is 0 Å². The van der Waals surface area contributed by atoms with Crippen LogP contribution in [0, 0.1) is 5.41 Å². The number of ether oxygens (including phenoxy) is 1. The number of morpholine rings is 1. The van der Waals surface area contributed by atoms with E-state index in [1.807, 2.05) is 0 Å². The molecule has 1 aliphatic rings. The van der Waals surface area contributed by atoms with Crippen LogP contribution in [0.25, 0.3) is 0 Å². The highest BCUT2D eigenvalue weighted by Crippen LogP contribution is 2.26. The molecule has 4 nitrogen and oxygen atoms in total. The molecule has 1 amide bonds. The Morgan fingerprint density at radius 1 is 1.17 bits per heavy atom. The number of carbonyl (C=O) groups is 1. The largest absolute Gasteiger partial charge is 0.379 e. The van der Waals surface area contributed by atoms with Crippen molar-refractivity contribution in [2.45, 2.75) is 46.6 Å². The molecule has 106 valence electrons. The lowest BCUT2D eigenvalue weighted by atomic mass is 9.82. The monoisotopic (exact) mass is 256 g/mol. The Balaban J connectivity index is 2.38. The van der Waals surface area contributed by atoms with E-state index in [0.717, 1.165) is 32.7 Å². The fraction of sp³-hybridized carbons (Fsp3) is 0.929. The molecule has 0 radical (unpaired) electrons. The molecule has 0 atom stereocenters. The van der Waals surface area contributed by atoms with Gasteiger partial charge in [0, 0.05) is 18.6 Å². The minimum Gasteiger partial charge on any atom is -0.379 e. The van der Waals surface area contributed by atoms with Crippen molar-refractivity contribution in [1.82, 2.24) is 10.2 Å². The molecule has 0 unspecified atom stereocenters. The van der Waals surface area contributed by atoms with Gasteiger partial charge in [0.1, 0.15) is 0 Å². The van der Waals surface area contributed by atoms with Gasteiger partial charge in [0.25, 0.3) is 0 Å². The van der Waals surface area contributed by atoms with Crippen LogP contribution in [0.15, 0.2) is 0 Å². The van der Waals surface area contributed by atoms with Gasteiger partial charge in [-0.3, -0.25) is 9.69 Å². The summed E-state index contributed by atoms with van der Waals surface area (Å²) in [5.74, 6) is 0.117. The average Bonchev–Trinajstić information content (AvgIpc) is 2.13. The summed E-state index contributed by atoms with van der Waals surface area (Å²) in [6.45, 7) is 14.4. The predicted molar refractivity (Wildman–Crippen MR) is 73.6 cm³/mol. The zero-order chi connectivity index (χ0) is 13.8. The molecule has 1 saturated heterocycles. The molecule has 0 aromatic carbocycles. The first kappa shape index (κ1) is 15.4. The van der Waals surface area contributed by atoms with E-state index in [1.165, 1.54) is 0 Å². The summed E-state index contributed by atoms with van der Waals surface area (Å²) in [6.07, 6.45) is 0.967. The second kappa shape index (κ2) is 6.02. The van der Waals surface area contributed by atoms with Crippen LogP contribution in [0.4, 0.5) is 0 Å². The fourth-order valence-electron chi connectivity index (χ4n) is 2.75. The number of amides is 1. The van der Waals surface area contributed by atoms with E-state index in [-0.39, 0.29) is 16.9 Å². The number of hydrogen-bond acceptors (Lipinski definition) is 3. The molecule has 4 heteroatoms. The summed E-state index contributed by atoms with van der Waals surface area (Å²) in [5, 5.41) is 3.14. The fourth-order valence-corrected chi connectivity index (χ4v) is 2.75. The van der Waals surface area contributed by atoms with E-state index in [1.54, 1.807) is 0 Å². The number of carbonyl (C=O) groups excluding carboxylic acids is 1. The van der Waals surface area contributed by atoms with Gasteiger partial charge < -0.3 is 10.1 Å². The van der Waals surface area contributed by atoms with Gasteiger partial charge in [0.2, 0.25) is 5.91 Å². The summed E-state index contributed by atoms with van der Waals surface area (Å²) in [4.78, 5) is 14.2. The highest BCUT2D eigenvalue weighted by atomic mass is 16.5. The van der Waals surface area contributed by atoms with Crippen molar-refractivity contribution >= 4 is 5.91 Å². The Labute approximate surface area is 111 Å². The summed E-state index contributed by atoms with van der Waals surface area (Å²) in [7, 11) is 0. The number of nitrogens with zero attached hydrogens (tertiary/aromatic N) is 1. The third-order valence-electron chi connectivity index (χ3n) is 2.92. The number of hydrogen-bond donors (Lipinski definition) is 1. The zero-order valence-corrected chi connectivity index (χ0v) is 12.5. The molecule has 1 rings (SSSR count). The van der Waals surface area contributed by atoms with E-state index >= 15 is 0 Å². The van der Waals surface area contributed by atoms with Crippen LogP contribution < -0.4 is 5.32 Å². The van der Waals surface area contributed by atoms with E-state index < -0.39 is 0 Å². The van der Waals surface area contributed by atoms with E-state index in [9.17, 15) is 4.79 Å². The van der Waals surface area contributed by atoms with Gasteiger partial charge in [-0.15, -0.1) is 0 Å². The average molecular weight is 256 g/mol. The van der Waals surface area contributed by atoms with Crippen LogP contribution in [0.5, 0.6) is 0 Å². The van der Waals surface area contributed by atoms with Crippen LogP contribution in [-0.2, 0) is 9.53 Å². The molecular formula is C14H28N2O2. The van der Waals surface area contributed by atoms with E-state index in [4.69, 9.17) is 4.74 Å². The second-order valence-electron chi connectivity index (χ2n) is 7.06. The van der Waals surface area contributed by atoms with Crippen molar-refractivity contribution in [3.8, 4) is 0 Å². The minimum atomic E-state index is -0.151. The molecule has 1 heterocycles. The van der Waals surface area contributed by atoms with Gasteiger partial charge in [0.05, 0.1) is 19.8 Å². The zero-order valence-electron chi connectivity index (χ0n) is 12.5. The van der Waals surface area contributed by atoms with Crippen molar-refractivity contribution in [2.24, 2.45) is 5.41 Å². The SMILES string of the molecule is CC(C)(C)CC(C)(C)NC(=O)CN1CCOCC1. The van der Waals surface area contributed by atoms with Crippen molar-refractivity contribution in [3.05, 3.63) is 0 Å². The van der Waals surface area contributed by atoms with E-state index in [2.05, 4.69) is 44.8 Å². The normalized spacial score (nSPS) is 18.7. The molecule has 0 aromatic heterocycles. The molecule has 1 fully saturated rings. The van der Waals surface area contributed by atoms with Gasteiger partial charge in [-0.05, 0) is 25.7 Å². The van der Waals surface area contributed by atoms with Crippen molar-refractivity contribution in [1.29, 1.82) is 0 Å². The maximum absolute atomic E-state index is 12.0. The maximum Gasteiger partial charge on any atom is 0.234 e. The molecule has 1 aliphatic heterocycles. The Morgan fingerprint density at radius 3 is 2.22 bits per heavy atom. The van der Waals surface area contributed by atoms with Crippen LogP contribution in [0.3, 0.4) is 0 Å². The van der Waals surface area contributed by atoms with Crippen LogP contribution in [0.1, 0.15) is 41.0 Å². The number of nitrogens with one attached hydrogen (secondary N) is 1. The van der Waals surface area contributed by atoms with Crippen molar-refractivity contribution < 1.29 is 9.53 Å². The highest BCUT2D eigenvalue weighted by molar-refractivity contribution is 5.78.